The van der Waals surface area contributed by atoms with Crippen LogP contribution in [-0.2, 0) is 40.0 Å². The van der Waals surface area contributed by atoms with Crippen LogP contribution in [0.5, 0.6) is 5.75 Å². The number of phenolic OH excluding ortho intramolecular Hbond substituents is 1. The zero-order valence-corrected chi connectivity index (χ0v) is 29.7. The lowest BCUT2D eigenvalue weighted by molar-refractivity contribution is -0.143. The third kappa shape index (κ3) is 11.7. The number of hydrogen-bond acceptors (Lipinski definition) is 9. The molecular weight excluding hydrogens is 650 g/mol. The molecule has 0 bridgehead atoms. The van der Waals surface area contributed by atoms with Crippen molar-refractivity contribution < 1.29 is 43.8 Å². The second-order valence-corrected chi connectivity index (χ2v) is 12.9. The number of carboxylic acids is 1. The fourth-order valence-corrected chi connectivity index (χ4v) is 5.47. The third-order valence-corrected chi connectivity index (χ3v) is 9.10. The summed E-state index contributed by atoms with van der Waals surface area (Å²) in [5, 5.41) is 31.8. The SMILES string of the molecule is CC[C@H](C)[C@H](NC(=O)[C@H](Cc1ccc(O)cc1)NC(=O)[C@@H]1CCCN1C(=O)[C@@H](NC(=O)CN)[C@@H](C)CC)C(=O)N[C@@H](C)C(=O)N[C@@H](C)C(=O)O. The lowest BCUT2D eigenvalue weighted by Crippen LogP contribution is -2.60. The van der Waals surface area contributed by atoms with Gasteiger partial charge in [0.05, 0.1) is 6.54 Å². The van der Waals surface area contributed by atoms with Gasteiger partial charge >= 0.3 is 5.97 Å². The number of benzene rings is 1. The van der Waals surface area contributed by atoms with Gasteiger partial charge in [-0.3, -0.25) is 33.6 Å². The van der Waals surface area contributed by atoms with Crippen LogP contribution in [-0.4, -0.2) is 106 Å². The summed E-state index contributed by atoms with van der Waals surface area (Å²) in [6, 6.07) is -0.458. The second kappa shape index (κ2) is 19.5. The maximum atomic E-state index is 13.9. The minimum absolute atomic E-state index is 0.000830. The smallest absolute Gasteiger partial charge is 0.325 e. The number of aromatic hydroxyl groups is 1. The Morgan fingerprint density at radius 3 is 1.94 bits per heavy atom. The van der Waals surface area contributed by atoms with Crippen LogP contribution in [0.25, 0.3) is 0 Å². The summed E-state index contributed by atoms with van der Waals surface area (Å²) in [6.45, 7) is 9.87. The van der Waals surface area contributed by atoms with Crippen molar-refractivity contribution in [3.05, 3.63) is 29.8 Å². The first-order valence-corrected chi connectivity index (χ1v) is 17.1. The van der Waals surface area contributed by atoms with E-state index in [0.717, 1.165) is 0 Å². The number of nitrogens with zero attached hydrogens (tertiary/aromatic N) is 1. The van der Waals surface area contributed by atoms with Crippen molar-refractivity contribution >= 4 is 41.4 Å². The quantitative estimate of drug-likeness (QED) is 0.0976. The Balaban J connectivity index is 2.33. The summed E-state index contributed by atoms with van der Waals surface area (Å²) < 4.78 is 0. The molecule has 8 atom stereocenters. The molecule has 0 saturated carbocycles. The van der Waals surface area contributed by atoms with Crippen molar-refractivity contribution in [1.82, 2.24) is 31.5 Å². The molecule has 0 aromatic heterocycles. The zero-order chi connectivity index (χ0) is 37.7. The molecule has 1 aromatic carbocycles. The highest BCUT2D eigenvalue weighted by Gasteiger charge is 2.40. The molecule has 0 radical (unpaired) electrons. The van der Waals surface area contributed by atoms with Gasteiger partial charge in [-0.1, -0.05) is 52.7 Å². The van der Waals surface area contributed by atoms with Crippen LogP contribution in [0.1, 0.15) is 72.8 Å². The van der Waals surface area contributed by atoms with Crippen molar-refractivity contribution in [2.75, 3.05) is 13.1 Å². The van der Waals surface area contributed by atoms with Crippen molar-refractivity contribution in [3.63, 3.8) is 0 Å². The molecule has 0 spiro atoms. The molecule has 6 amide bonds. The fraction of sp³-hybridized carbons (Fsp3) is 0.618. The molecular formula is C34H53N7O9. The molecule has 1 aliphatic rings. The van der Waals surface area contributed by atoms with Crippen LogP contribution >= 0.6 is 0 Å². The highest BCUT2D eigenvalue weighted by molar-refractivity contribution is 5.97. The molecule has 0 unspecified atom stereocenters. The summed E-state index contributed by atoms with van der Waals surface area (Å²) in [5.74, 6) is -5.54. The fourth-order valence-electron chi connectivity index (χ4n) is 5.47. The summed E-state index contributed by atoms with van der Waals surface area (Å²) in [6.07, 6.45) is 1.85. The Hall–Kier alpha value is -4.73. The third-order valence-electron chi connectivity index (χ3n) is 9.10. The highest BCUT2D eigenvalue weighted by Crippen LogP contribution is 2.22. The summed E-state index contributed by atoms with van der Waals surface area (Å²) in [5.41, 5.74) is 6.06. The largest absolute Gasteiger partial charge is 0.508 e. The van der Waals surface area contributed by atoms with Crippen LogP contribution in [0.4, 0.5) is 0 Å². The van der Waals surface area contributed by atoms with Gasteiger partial charge in [0, 0.05) is 13.0 Å². The van der Waals surface area contributed by atoms with E-state index in [1.807, 2.05) is 20.8 Å². The van der Waals surface area contributed by atoms with Gasteiger partial charge < -0.3 is 47.4 Å². The number of carboxylic acid groups (broad SMARTS) is 1. The molecule has 16 heteroatoms. The molecule has 16 nitrogen and oxygen atoms in total. The van der Waals surface area contributed by atoms with Crippen LogP contribution in [0.2, 0.25) is 0 Å². The first-order chi connectivity index (χ1) is 23.5. The molecule has 1 fully saturated rings. The number of amides is 6. The second-order valence-electron chi connectivity index (χ2n) is 12.9. The molecule has 1 aromatic rings. The number of phenols is 1. The maximum absolute atomic E-state index is 13.9. The number of nitrogens with one attached hydrogen (secondary N) is 5. The number of nitrogens with two attached hydrogens (primary N) is 1. The summed E-state index contributed by atoms with van der Waals surface area (Å²) in [4.78, 5) is 92.0. The predicted molar refractivity (Wildman–Crippen MR) is 183 cm³/mol. The molecule has 1 heterocycles. The Morgan fingerprint density at radius 2 is 1.38 bits per heavy atom. The predicted octanol–water partition coefficient (Wildman–Crippen LogP) is -0.475. The normalized spacial score (nSPS) is 18.3. The number of hydrogen-bond donors (Lipinski definition) is 8. The average molecular weight is 704 g/mol. The minimum Gasteiger partial charge on any atom is -0.508 e. The topological polar surface area (TPSA) is 249 Å². The van der Waals surface area contributed by atoms with Crippen molar-refractivity contribution in [2.24, 2.45) is 17.6 Å². The van der Waals surface area contributed by atoms with Crippen molar-refractivity contribution in [1.29, 1.82) is 0 Å². The van der Waals surface area contributed by atoms with E-state index in [4.69, 9.17) is 10.8 Å². The van der Waals surface area contributed by atoms with E-state index in [-0.39, 0.29) is 31.2 Å². The molecule has 1 saturated heterocycles. The van der Waals surface area contributed by atoms with Gasteiger partial charge in [-0.25, -0.2) is 0 Å². The van der Waals surface area contributed by atoms with Gasteiger partial charge in [-0.15, -0.1) is 0 Å². The van der Waals surface area contributed by atoms with E-state index in [1.165, 1.54) is 30.9 Å². The molecule has 1 aliphatic heterocycles. The van der Waals surface area contributed by atoms with Crippen molar-refractivity contribution in [3.8, 4) is 5.75 Å². The van der Waals surface area contributed by atoms with Gasteiger partial charge in [-0.05, 0) is 56.2 Å². The van der Waals surface area contributed by atoms with Gasteiger partial charge in [-0.2, -0.15) is 0 Å². The van der Waals surface area contributed by atoms with E-state index in [9.17, 15) is 38.7 Å². The molecule has 50 heavy (non-hydrogen) atoms. The number of carbonyl (C=O) groups is 7. The Kier molecular flexibility index (Phi) is 16.1. The standard InChI is InChI=1S/C34H53N7O9/c1-7-18(3)27(32(47)36-20(5)29(44)37-21(6)34(49)50)40-30(45)24(16-22-11-13-23(42)14-12-22)38-31(46)25-10-9-15-41(25)33(48)28(19(4)8-2)39-26(43)17-35/h11-14,18-21,24-25,27-28,42H,7-10,15-17,35H2,1-6H3,(H,36,47)(H,37,44)(H,38,46)(H,39,43)(H,40,45)(H,49,50)/t18-,19-,20-,21-,24-,25-,27-,28-/m0/s1. The van der Waals surface area contributed by atoms with E-state index in [2.05, 4.69) is 26.6 Å². The monoisotopic (exact) mass is 703 g/mol. The van der Waals surface area contributed by atoms with E-state index < -0.39 is 83.6 Å². The van der Waals surface area contributed by atoms with Crippen LogP contribution in [0, 0.1) is 11.8 Å². The number of aliphatic carboxylic acids is 1. The van der Waals surface area contributed by atoms with Gasteiger partial charge in [0.25, 0.3) is 0 Å². The first-order valence-electron chi connectivity index (χ1n) is 17.1. The van der Waals surface area contributed by atoms with E-state index in [1.54, 1.807) is 19.1 Å². The molecule has 9 N–H and O–H groups in total. The molecule has 2 rings (SSSR count). The Morgan fingerprint density at radius 1 is 0.800 bits per heavy atom. The van der Waals surface area contributed by atoms with Crippen LogP contribution in [0.3, 0.4) is 0 Å². The number of rotatable bonds is 18. The maximum Gasteiger partial charge on any atom is 0.325 e. The lowest BCUT2D eigenvalue weighted by Gasteiger charge is -2.32. The first kappa shape index (κ1) is 41.4. The number of carbonyl (C=O) groups excluding carboxylic acids is 6. The summed E-state index contributed by atoms with van der Waals surface area (Å²) >= 11 is 0. The average Bonchev–Trinajstić information content (AvgIpc) is 3.59. The lowest BCUT2D eigenvalue weighted by atomic mass is 9.96. The molecule has 278 valence electrons. The van der Waals surface area contributed by atoms with Crippen molar-refractivity contribution in [2.45, 2.75) is 110 Å². The zero-order valence-electron chi connectivity index (χ0n) is 29.7. The summed E-state index contributed by atoms with van der Waals surface area (Å²) in [7, 11) is 0. The highest BCUT2D eigenvalue weighted by atomic mass is 16.4. The molecule has 0 aliphatic carbocycles. The van der Waals surface area contributed by atoms with Crippen LogP contribution in [0.15, 0.2) is 24.3 Å². The Bertz CT molecular complexity index is 1370. The van der Waals surface area contributed by atoms with Gasteiger partial charge in [0.15, 0.2) is 0 Å². The Labute approximate surface area is 292 Å². The minimum atomic E-state index is -1.25. The van der Waals surface area contributed by atoms with Gasteiger partial charge in [0.1, 0.15) is 42.0 Å². The van der Waals surface area contributed by atoms with Crippen LogP contribution < -0.4 is 32.3 Å². The van der Waals surface area contributed by atoms with E-state index in [0.29, 0.717) is 31.2 Å². The number of likely N-dealkylation sites (tertiary alicyclic amines) is 1. The van der Waals surface area contributed by atoms with Gasteiger partial charge in [0.2, 0.25) is 35.4 Å². The van der Waals surface area contributed by atoms with E-state index >= 15 is 0 Å².